The molecule has 23 heavy (non-hydrogen) atoms. The van der Waals surface area contributed by atoms with Crippen molar-refractivity contribution in [3.63, 3.8) is 0 Å². The highest BCUT2D eigenvalue weighted by Crippen LogP contribution is 2.24. The van der Waals surface area contributed by atoms with E-state index in [2.05, 4.69) is 4.90 Å². The van der Waals surface area contributed by atoms with Crippen LogP contribution >= 0.6 is 23.4 Å². The van der Waals surface area contributed by atoms with Crippen molar-refractivity contribution in [1.82, 2.24) is 9.80 Å². The van der Waals surface area contributed by atoms with Crippen LogP contribution in [0, 0.1) is 5.82 Å². The second kappa shape index (κ2) is 7.86. The lowest BCUT2D eigenvalue weighted by molar-refractivity contribution is 0.0667. The lowest BCUT2D eigenvalue weighted by atomic mass is 10.1. The topological polar surface area (TPSA) is 23.6 Å². The van der Waals surface area contributed by atoms with E-state index in [0.29, 0.717) is 5.56 Å². The van der Waals surface area contributed by atoms with Gasteiger partial charge in [0.1, 0.15) is 5.82 Å². The number of hydrogen-bond donors (Lipinski definition) is 0. The summed E-state index contributed by atoms with van der Waals surface area (Å²) < 4.78 is 13.2. The number of thioether (sulfide) groups is 1. The minimum Gasteiger partial charge on any atom is -0.333 e. The highest BCUT2D eigenvalue weighted by atomic mass is 35.5. The predicted octanol–water partition coefficient (Wildman–Crippen LogP) is 3.52. The van der Waals surface area contributed by atoms with E-state index in [9.17, 15) is 9.18 Å². The number of carbonyl (C=O) groups excluding carboxylic acids is 1. The number of amides is 1. The smallest absolute Gasteiger partial charge is 0.255 e. The van der Waals surface area contributed by atoms with E-state index in [1.54, 1.807) is 0 Å². The SMILES string of the molecule is O=C(c1ccc(F)cc1Cl)N1CCCSCC1CN1CCCC1. The summed E-state index contributed by atoms with van der Waals surface area (Å²) >= 11 is 8.02. The van der Waals surface area contributed by atoms with Gasteiger partial charge in [0.05, 0.1) is 16.6 Å². The summed E-state index contributed by atoms with van der Waals surface area (Å²) in [5.41, 5.74) is 0.409. The van der Waals surface area contributed by atoms with Gasteiger partial charge in [-0.2, -0.15) is 11.8 Å². The molecule has 1 unspecified atom stereocenters. The molecule has 126 valence electrons. The molecular formula is C17H22ClFN2OS. The normalized spacial score (nSPS) is 23.0. The maximum absolute atomic E-state index is 13.2. The van der Waals surface area contributed by atoms with E-state index in [4.69, 9.17) is 11.6 Å². The molecule has 2 aliphatic rings. The number of benzene rings is 1. The van der Waals surface area contributed by atoms with Crippen LogP contribution in [-0.4, -0.2) is 59.4 Å². The van der Waals surface area contributed by atoms with Crippen LogP contribution < -0.4 is 0 Å². The molecule has 3 rings (SSSR count). The molecule has 2 fully saturated rings. The molecule has 0 bridgehead atoms. The van der Waals surface area contributed by atoms with Gasteiger partial charge in [0.2, 0.25) is 0 Å². The molecule has 1 amide bonds. The lowest BCUT2D eigenvalue weighted by Crippen LogP contribution is -2.47. The van der Waals surface area contributed by atoms with Crippen LogP contribution in [0.15, 0.2) is 18.2 Å². The standard InChI is InChI=1S/C17H22ClFN2OS/c18-16-10-13(19)4-5-15(16)17(22)21-8-3-9-23-12-14(21)11-20-6-1-2-7-20/h4-5,10,14H,1-3,6-9,11-12H2. The maximum Gasteiger partial charge on any atom is 0.255 e. The van der Waals surface area contributed by atoms with Crippen molar-refractivity contribution >= 4 is 29.3 Å². The molecule has 0 aromatic heterocycles. The third-order valence-corrected chi connectivity index (χ3v) is 6.04. The summed E-state index contributed by atoms with van der Waals surface area (Å²) in [7, 11) is 0. The Morgan fingerprint density at radius 1 is 1.26 bits per heavy atom. The van der Waals surface area contributed by atoms with Crippen molar-refractivity contribution in [2.75, 3.05) is 37.7 Å². The fraction of sp³-hybridized carbons (Fsp3) is 0.588. The molecule has 0 aliphatic carbocycles. The predicted molar refractivity (Wildman–Crippen MR) is 93.9 cm³/mol. The zero-order chi connectivity index (χ0) is 16.2. The van der Waals surface area contributed by atoms with E-state index in [0.717, 1.165) is 44.1 Å². The second-order valence-electron chi connectivity index (χ2n) is 6.21. The minimum atomic E-state index is -0.411. The number of halogens is 2. The van der Waals surface area contributed by atoms with Gasteiger partial charge in [-0.15, -0.1) is 0 Å². The lowest BCUT2D eigenvalue weighted by Gasteiger charge is -2.33. The first-order chi connectivity index (χ1) is 11.1. The van der Waals surface area contributed by atoms with Crippen LogP contribution in [-0.2, 0) is 0 Å². The molecule has 0 spiro atoms. The number of hydrogen-bond acceptors (Lipinski definition) is 3. The maximum atomic E-state index is 13.2. The van der Waals surface area contributed by atoms with Gasteiger partial charge in [-0.3, -0.25) is 4.79 Å². The Balaban J connectivity index is 1.78. The largest absolute Gasteiger partial charge is 0.333 e. The first-order valence-corrected chi connectivity index (χ1v) is 9.74. The Hall–Kier alpha value is -0.780. The monoisotopic (exact) mass is 356 g/mol. The molecule has 2 saturated heterocycles. The number of carbonyl (C=O) groups is 1. The molecule has 2 aliphatic heterocycles. The van der Waals surface area contributed by atoms with Crippen LogP contribution in [0.1, 0.15) is 29.6 Å². The quantitative estimate of drug-likeness (QED) is 0.827. The third-order valence-electron chi connectivity index (χ3n) is 4.53. The first-order valence-electron chi connectivity index (χ1n) is 8.21. The van der Waals surface area contributed by atoms with Crippen LogP contribution in [0.4, 0.5) is 4.39 Å². The van der Waals surface area contributed by atoms with Crippen LogP contribution in [0.25, 0.3) is 0 Å². The van der Waals surface area contributed by atoms with Gasteiger partial charge in [-0.05, 0) is 56.3 Å². The summed E-state index contributed by atoms with van der Waals surface area (Å²) in [5, 5.41) is 0.201. The second-order valence-corrected chi connectivity index (χ2v) is 7.77. The fourth-order valence-corrected chi connectivity index (χ4v) is 4.63. The summed E-state index contributed by atoms with van der Waals surface area (Å²) in [6, 6.07) is 4.23. The van der Waals surface area contributed by atoms with Crippen molar-refractivity contribution < 1.29 is 9.18 Å². The van der Waals surface area contributed by atoms with E-state index < -0.39 is 5.82 Å². The van der Waals surface area contributed by atoms with Gasteiger partial charge in [0, 0.05) is 18.8 Å². The van der Waals surface area contributed by atoms with Gasteiger partial charge in [0.25, 0.3) is 5.91 Å². The van der Waals surface area contributed by atoms with Crippen molar-refractivity contribution in [1.29, 1.82) is 0 Å². The number of nitrogens with zero attached hydrogens (tertiary/aromatic N) is 2. The summed E-state index contributed by atoms with van der Waals surface area (Å²) in [6.45, 7) is 3.93. The third kappa shape index (κ3) is 4.20. The van der Waals surface area contributed by atoms with Gasteiger partial charge >= 0.3 is 0 Å². The van der Waals surface area contributed by atoms with Gasteiger partial charge < -0.3 is 9.80 Å². The molecule has 1 aromatic carbocycles. The van der Waals surface area contributed by atoms with E-state index in [1.165, 1.54) is 31.0 Å². The van der Waals surface area contributed by atoms with Gasteiger partial charge in [0.15, 0.2) is 0 Å². The Kier molecular flexibility index (Phi) is 5.83. The van der Waals surface area contributed by atoms with Gasteiger partial charge in [-0.25, -0.2) is 4.39 Å². The van der Waals surface area contributed by atoms with E-state index in [-0.39, 0.29) is 17.0 Å². The Labute approximate surface area is 146 Å². The number of likely N-dealkylation sites (tertiary alicyclic amines) is 1. The molecule has 2 heterocycles. The van der Waals surface area contributed by atoms with Crippen molar-refractivity contribution in [3.8, 4) is 0 Å². The molecule has 0 N–H and O–H groups in total. The molecule has 6 heteroatoms. The summed E-state index contributed by atoms with van der Waals surface area (Å²) in [4.78, 5) is 17.4. The Morgan fingerprint density at radius 2 is 2.04 bits per heavy atom. The molecular weight excluding hydrogens is 335 g/mol. The molecule has 0 radical (unpaired) electrons. The van der Waals surface area contributed by atoms with Crippen molar-refractivity contribution in [2.24, 2.45) is 0 Å². The van der Waals surface area contributed by atoms with Gasteiger partial charge in [-0.1, -0.05) is 11.6 Å². The fourth-order valence-electron chi connectivity index (χ4n) is 3.33. The van der Waals surface area contributed by atoms with Crippen molar-refractivity contribution in [3.05, 3.63) is 34.6 Å². The summed E-state index contributed by atoms with van der Waals surface area (Å²) in [5.74, 6) is 1.56. The highest BCUT2D eigenvalue weighted by molar-refractivity contribution is 7.99. The Bertz CT molecular complexity index is 566. The zero-order valence-corrected chi connectivity index (χ0v) is 14.7. The van der Waals surface area contributed by atoms with Crippen LogP contribution in [0.2, 0.25) is 5.02 Å². The molecule has 1 aromatic rings. The molecule has 0 saturated carbocycles. The Morgan fingerprint density at radius 3 is 2.78 bits per heavy atom. The summed E-state index contributed by atoms with van der Waals surface area (Å²) in [6.07, 6.45) is 3.49. The van der Waals surface area contributed by atoms with Crippen LogP contribution in [0.5, 0.6) is 0 Å². The number of rotatable bonds is 3. The first kappa shape index (κ1) is 17.1. The molecule has 3 nitrogen and oxygen atoms in total. The zero-order valence-electron chi connectivity index (χ0n) is 13.1. The average molecular weight is 357 g/mol. The van der Waals surface area contributed by atoms with E-state index >= 15 is 0 Å². The minimum absolute atomic E-state index is 0.0679. The van der Waals surface area contributed by atoms with Crippen molar-refractivity contribution in [2.45, 2.75) is 25.3 Å². The van der Waals surface area contributed by atoms with Crippen LogP contribution in [0.3, 0.4) is 0 Å². The highest BCUT2D eigenvalue weighted by Gasteiger charge is 2.29. The molecule has 1 atom stereocenters. The average Bonchev–Trinajstić information content (AvgIpc) is 2.91. The van der Waals surface area contributed by atoms with E-state index in [1.807, 2.05) is 16.7 Å².